The number of rotatable bonds is 5. The lowest BCUT2D eigenvalue weighted by Gasteiger charge is -2.23. The van der Waals surface area contributed by atoms with Crippen molar-refractivity contribution in [2.45, 2.75) is 39.3 Å². The number of nitrogens with two attached hydrogens (primary N) is 1. The number of aryl methyl sites for hydroxylation is 1. The predicted octanol–water partition coefficient (Wildman–Crippen LogP) is 2.56. The van der Waals surface area contributed by atoms with Crippen molar-refractivity contribution in [1.82, 2.24) is 4.57 Å². The highest BCUT2D eigenvalue weighted by molar-refractivity contribution is 5.93. The second-order valence-electron chi connectivity index (χ2n) is 6.95. The molecular formula is C19H23F2N3O3. The molecule has 1 saturated heterocycles. The Morgan fingerprint density at radius 2 is 2.11 bits per heavy atom. The van der Waals surface area contributed by atoms with Crippen molar-refractivity contribution in [2.75, 3.05) is 18.0 Å². The van der Waals surface area contributed by atoms with Gasteiger partial charge in [-0.05, 0) is 31.7 Å². The van der Waals surface area contributed by atoms with Gasteiger partial charge in [0.1, 0.15) is 17.1 Å². The van der Waals surface area contributed by atoms with Gasteiger partial charge in [-0.2, -0.15) is 0 Å². The first kappa shape index (κ1) is 19.3. The second kappa shape index (κ2) is 7.26. The Bertz CT molecular complexity index is 958. The number of benzene rings is 1. The molecule has 0 saturated carbocycles. The summed E-state index contributed by atoms with van der Waals surface area (Å²) in [4.78, 5) is 25.3. The molecule has 8 heteroatoms. The summed E-state index contributed by atoms with van der Waals surface area (Å²) in [7, 11) is 0. The molecular weight excluding hydrogens is 356 g/mol. The minimum Gasteiger partial charge on any atom is -0.477 e. The van der Waals surface area contributed by atoms with E-state index in [0.29, 0.717) is 13.1 Å². The largest absolute Gasteiger partial charge is 0.477 e. The number of aromatic nitrogens is 1. The van der Waals surface area contributed by atoms with Crippen molar-refractivity contribution in [3.05, 3.63) is 39.7 Å². The maximum Gasteiger partial charge on any atom is 0.341 e. The lowest BCUT2D eigenvalue weighted by Crippen LogP contribution is -2.32. The molecule has 0 amide bonds. The van der Waals surface area contributed by atoms with Crippen LogP contribution < -0.4 is 16.1 Å². The first-order valence-electron chi connectivity index (χ1n) is 9.09. The highest BCUT2D eigenvalue weighted by atomic mass is 19.1. The predicted molar refractivity (Wildman–Crippen MR) is 99.3 cm³/mol. The van der Waals surface area contributed by atoms with Gasteiger partial charge in [0.05, 0.1) is 10.9 Å². The molecule has 0 aliphatic carbocycles. The van der Waals surface area contributed by atoms with E-state index >= 15 is 4.39 Å². The topological polar surface area (TPSA) is 88.6 Å². The summed E-state index contributed by atoms with van der Waals surface area (Å²) in [6, 6.07) is 0.912. The summed E-state index contributed by atoms with van der Waals surface area (Å²) < 4.78 is 31.5. The van der Waals surface area contributed by atoms with Gasteiger partial charge in [-0.3, -0.25) is 4.79 Å². The van der Waals surface area contributed by atoms with Crippen molar-refractivity contribution in [3.63, 3.8) is 0 Å². The van der Waals surface area contributed by atoms with Gasteiger partial charge in [0.25, 0.3) is 0 Å². The van der Waals surface area contributed by atoms with Gasteiger partial charge < -0.3 is 20.3 Å². The smallest absolute Gasteiger partial charge is 0.341 e. The van der Waals surface area contributed by atoms with E-state index in [2.05, 4.69) is 0 Å². The van der Waals surface area contributed by atoms with E-state index in [0.717, 1.165) is 25.1 Å². The molecule has 3 N–H and O–H groups in total. The van der Waals surface area contributed by atoms with Gasteiger partial charge in [-0.15, -0.1) is 0 Å². The zero-order chi connectivity index (χ0) is 19.9. The van der Waals surface area contributed by atoms with Crippen LogP contribution in [0.3, 0.4) is 0 Å². The number of nitrogens with zero attached hydrogens (tertiary/aromatic N) is 2. The number of pyridine rings is 1. The molecule has 2 aromatic rings. The molecule has 2 atom stereocenters. The quantitative estimate of drug-likeness (QED) is 0.834. The average Bonchev–Trinajstić information content (AvgIpc) is 3.11. The molecule has 0 radical (unpaired) electrons. The van der Waals surface area contributed by atoms with Crippen LogP contribution >= 0.6 is 0 Å². The zero-order valence-electron chi connectivity index (χ0n) is 15.3. The molecule has 3 rings (SSSR count). The van der Waals surface area contributed by atoms with Crippen LogP contribution in [-0.4, -0.2) is 34.8 Å². The third-order valence-electron chi connectivity index (χ3n) is 5.42. The fourth-order valence-electron chi connectivity index (χ4n) is 3.84. The first-order chi connectivity index (χ1) is 12.8. The summed E-state index contributed by atoms with van der Waals surface area (Å²) in [5.41, 5.74) is 4.42. The van der Waals surface area contributed by atoms with Crippen LogP contribution in [0.25, 0.3) is 10.9 Å². The van der Waals surface area contributed by atoms with Crippen molar-refractivity contribution in [2.24, 2.45) is 11.7 Å². The number of aromatic carboxylic acids is 1. The van der Waals surface area contributed by atoms with E-state index in [-0.39, 0.29) is 35.1 Å². The Labute approximate surface area is 155 Å². The zero-order valence-corrected chi connectivity index (χ0v) is 15.3. The van der Waals surface area contributed by atoms with Gasteiger partial charge >= 0.3 is 5.97 Å². The van der Waals surface area contributed by atoms with Crippen LogP contribution in [0.2, 0.25) is 0 Å². The normalized spacial score (nSPS) is 18.3. The summed E-state index contributed by atoms with van der Waals surface area (Å²) >= 11 is 0. The SMILES string of the molecule is CC[C@@H](N)[C@H]1CCN(c2c(F)cc3c(=O)c(C(=O)O)cn(CC)c3c2F)C1. The summed E-state index contributed by atoms with van der Waals surface area (Å²) in [5, 5.41) is 8.93. The molecule has 1 fully saturated rings. The Morgan fingerprint density at radius 1 is 1.41 bits per heavy atom. The minimum atomic E-state index is -1.43. The van der Waals surface area contributed by atoms with Crippen molar-refractivity contribution in [3.8, 4) is 0 Å². The Kier molecular flexibility index (Phi) is 5.19. The molecule has 6 nitrogen and oxygen atoms in total. The maximum absolute atomic E-state index is 15.3. The van der Waals surface area contributed by atoms with Crippen LogP contribution in [0.4, 0.5) is 14.5 Å². The van der Waals surface area contributed by atoms with Crippen molar-refractivity contribution < 1.29 is 18.7 Å². The fraction of sp³-hybridized carbons (Fsp3) is 0.474. The molecule has 1 aromatic heterocycles. The van der Waals surface area contributed by atoms with E-state index in [9.17, 15) is 19.1 Å². The fourth-order valence-corrected chi connectivity index (χ4v) is 3.84. The molecule has 0 spiro atoms. The summed E-state index contributed by atoms with van der Waals surface area (Å²) in [5.74, 6) is -2.99. The van der Waals surface area contributed by atoms with E-state index in [1.54, 1.807) is 11.8 Å². The van der Waals surface area contributed by atoms with E-state index in [4.69, 9.17) is 5.73 Å². The molecule has 1 aliphatic rings. The highest BCUT2D eigenvalue weighted by Crippen LogP contribution is 2.34. The van der Waals surface area contributed by atoms with Crippen LogP contribution in [-0.2, 0) is 6.54 Å². The third kappa shape index (κ3) is 3.18. The number of fused-ring (bicyclic) bond motifs is 1. The van der Waals surface area contributed by atoms with Gasteiger partial charge in [0.2, 0.25) is 5.43 Å². The lowest BCUT2D eigenvalue weighted by atomic mass is 9.98. The molecule has 2 heterocycles. The molecule has 1 aliphatic heterocycles. The average molecular weight is 379 g/mol. The minimum absolute atomic E-state index is 0.0338. The highest BCUT2D eigenvalue weighted by Gasteiger charge is 2.31. The van der Waals surface area contributed by atoms with Gasteiger partial charge in [0, 0.05) is 31.9 Å². The monoisotopic (exact) mass is 379 g/mol. The maximum atomic E-state index is 15.3. The third-order valence-corrected chi connectivity index (χ3v) is 5.42. The van der Waals surface area contributed by atoms with Crippen LogP contribution in [0, 0.1) is 17.6 Å². The summed E-state index contributed by atoms with van der Waals surface area (Å²) in [6.07, 6.45) is 2.64. The number of anilines is 1. The molecule has 27 heavy (non-hydrogen) atoms. The number of carbonyl (C=O) groups is 1. The molecule has 1 aromatic carbocycles. The number of carboxylic acids is 1. The number of carboxylic acid groups (broad SMARTS) is 1. The Morgan fingerprint density at radius 3 is 2.70 bits per heavy atom. The van der Waals surface area contributed by atoms with E-state index < -0.39 is 28.6 Å². The van der Waals surface area contributed by atoms with E-state index in [1.807, 2.05) is 6.92 Å². The lowest BCUT2D eigenvalue weighted by molar-refractivity contribution is 0.0695. The molecule has 0 bridgehead atoms. The van der Waals surface area contributed by atoms with E-state index in [1.165, 1.54) is 4.57 Å². The van der Waals surface area contributed by atoms with Crippen LogP contribution in [0.1, 0.15) is 37.0 Å². The number of hydrogen-bond acceptors (Lipinski definition) is 4. The molecule has 146 valence electrons. The summed E-state index contributed by atoms with van der Waals surface area (Å²) in [6.45, 7) is 4.83. The Hall–Kier alpha value is -2.48. The number of hydrogen-bond donors (Lipinski definition) is 2. The standard InChI is InChI=1S/C19H23F2N3O3/c1-3-14(22)10-5-6-24(8-10)17-13(20)7-11-16(15(17)21)23(4-2)9-12(18(11)25)19(26)27/h7,9-10,14H,3-6,8,22H2,1-2H3,(H,26,27)/t10-,14+/m0/s1. The van der Waals surface area contributed by atoms with Gasteiger partial charge in [-0.25, -0.2) is 13.6 Å². The van der Waals surface area contributed by atoms with Crippen molar-refractivity contribution >= 4 is 22.6 Å². The van der Waals surface area contributed by atoms with Gasteiger partial charge in [-0.1, -0.05) is 6.92 Å². The van der Waals surface area contributed by atoms with Crippen molar-refractivity contribution in [1.29, 1.82) is 0 Å². The van der Waals surface area contributed by atoms with Crippen LogP contribution in [0.15, 0.2) is 17.1 Å². The van der Waals surface area contributed by atoms with Gasteiger partial charge in [0.15, 0.2) is 5.82 Å². The Balaban J connectivity index is 2.18. The van der Waals surface area contributed by atoms with Crippen LogP contribution in [0.5, 0.6) is 0 Å². The number of halogens is 2. The second-order valence-corrected chi connectivity index (χ2v) is 6.95. The first-order valence-corrected chi connectivity index (χ1v) is 9.09. The molecule has 0 unspecified atom stereocenters.